The molecule has 0 bridgehead atoms. The third-order valence-electron chi connectivity index (χ3n) is 6.27. The van der Waals surface area contributed by atoms with Gasteiger partial charge in [0.2, 0.25) is 17.7 Å². The molecule has 2 aromatic carbocycles. The van der Waals surface area contributed by atoms with E-state index in [1.165, 1.54) is 17.1 Å². The van der Waals surface area contributed by atoms with Crippen LogP contribution in [0, 0.1) is 13.8 Å². The summed E-state index contributed by atoms with van der Waals surface area (Å²) in [6.45, 7) is 9.17. The lowest BCUT2D eigenvalue weighted by atomic mass is 10.00. The number of benzene rings is 2. The highest BCUT2D eigenvalue weighted by atomic mass is 32.2. The Morgan fingerprint density at radius 2 is 1.69 bits per heavy atom. The van der Waals surface area contributed by atoms with E-state index in [0.29, 0.717) is 31.0 Å². The molecule has 0 radical (unpaired) electrons. The Bertz CT molecular complexity index is 1560. The summed E-state index contributed by atoms with van der Waals surface area (Å²) in [7, 11) is -2.35. The molecule has 4 rings (SSSR count). The van der Waals surface area contributed by atoms with Crippen LogP contribution in [0.5, 0.6) is 11.6 Å². The van der Waals surface area contributed by atoms with Crippen LogP contribution in [-0.4, -0.2) is 52.1 Å². The van der Waals surface area contributed by atoms with Gasteiger partial charge in [-0.05, 0) is 56.5 Å². The monoisotopic (exact) mass is 548 g/mol. The Labute approximate surface area is 228 Å². The van der Waals surface area contributed by atoms with Gasteiger partial charge in [0, 0.05) is 38.0 Å². The summed E-state index contributed by atoms with van der Waals surface area (Å²) in [6, 6.07) is 14.7. The van der Waals surface area contributed by atoms with Gasteiger partial charge in [0.15, 0.2) is 0 Å². The summed E-state index contributed by atoms with van der Waals surface area (Å²) >= 11 is 0. The van der Waals surface area contributed by atoms with E-state index < -0.39 is 10.0 Å². The molecule has 0 aliphatic carbocycles. The second-order valence-electron chi connectivity index (χ2n) is 9.13. The Morgan fingerprint density at radius 3 is 2.28 bits per heavy atom. The topological polar surface area (TPSA) is 119 Å². The lowest BCUT2D eigenvalue weighted by molar-refractivity contribution is -0.130. The third kappa shape index (κ3) is 6.61. The van der Waals surface area contributed by atoms with E-state index in [-0.39, 0.29) is 22.6 Å². The van der Waals surface area contributed by atoms with E-state index in [9.17, 15) is 13.2 Å². The van der Waals surface area contributed by atoms with Gasteiger partial charge < -0.3 is 9.64 Å². The van der Waals surface area contributed by atoms with Crippen molar-refractivity contribution in [1.82, 2.24) is 24.6 Å². The van der Waals surface area contributed by atoms with Gasteiger partial charge in [0.25, 0.3) is 10.0 Å². The average molecular weight is 549 g/mol. The molecule has 0 saturated heterocycles. The molecule has 0 aliphatic rings. The van der Waals surface area contributed by atoms with Crippen molar-refractivity contribution in [1.29, 1.82) is 0 Å². The molecular weight excluding hydrogens is 516 g/mol. The average Bonchev–Trinajstić information content (AvgIpc) is 3.33. The Balaban J connectivity index is 1.66. The smallest absolute Gasteiger partial charge is 0.267 e. The highest BCUT2D eigenvalue weighted by molar-refractivity contribution is 7.92. The van der Waals surface area contributed by atoms with Gasteiger partial charge in [0.05, 0.1) is 18.3 Å². The number of anilines is 1. The van der Waals surface area contributed by atoms with Crippen molar-refractivity contribution in [2.45, 2.75) is 39.0 Å². The maximum atomic E-state index is 13.0. The summed E-state index contributed by atoms with van der Waals surface area (Å²) in [6.07, 6.45) is 2.94. The highest BCUT2D eigenvalue weighted by Crippen LogP contribution is 2.31. The fraction of sp³-hybridized carbons (Fsp3) is 0.286. The number of rotatable bonds is 10. The molecule has 4 aromatic rings. The summed E-state index contributed by atoms with van der Waals surface area (Å²) in [4.78, 5) is 23.1. The van der Waals surface area contributed by atoms with Gasteiger partial charge in [0.1, 0.15) is 10.6 Å². The van der Waals surface area contributed by atoms with Crippen molar-refractivity contribution in [2.75, 3.05) is 17.8 Å². The van der Waals surface area contributed by atoms with Crippen LogP contribution in [0.25, 0.3) is 11.3 Å². The Hall–Kier alpha value is -4.25. The highest BCUT2D eigenvalue weighted by Gasteiger charge is 2.20. The largest absolute Gasteiger partial charge is 0.439 e. The van der Waals surface area contributed by atoms with E-state index in [1.54, 1.807) is 30.1 Å². The summed E-state index contributed by atoms with van der Waals surface area (Å²) in [5.74, 6) is 0.587. The van der Waals surface area contributed by atoms with Crippen molar-refractivity contribution in [2.24, 2.45) is 7.05 Å². The maximum absolute atomic E-state index is 13.0. The van der Waals surface area contributed by atoms with E-state index in [0.717, 1.165) is 22.3 Å². The van der Waals surface area contributed by atoms with E-state index in [1.807, 2.05) is 58.0 Å². The third-order valence-corrected chi connectivity index (χ3v) is 7.56. The van der Waals surface area contributed by atoms with Gasteiger partial charge in [-0.3, -0.25) is 9.48 Å². The number of ether oxygens (including phenoxy) is 1. The van der Waals surface area contributed by atoms with Crippen LogP contribution in [0.3, 0.4) is 0 Å². The minimum atomic E-state index is -3.98. The first-order chi connectivity index (χ1) is 18.6. The second-order valence-corrected chi connectivity index (χ2v) is 10.8. The fourth-order valence-electron chi connectivity index (χ4n) is 4.24. The van der Waals surface area contributed by atoms with Gasteiger partial charge in [-0.25, -0.2) is 18.1 Å². The van der Waals surface area contributed by atoms with Crippen LogP contribution in [-0.2, 0) is 28.3 Å². The van der Waals surface area contributed by atoms with E-state index in [4.69, 9.17) is 4.74 Å². The number of carbonyl (C=O) groups excluding carboxylic acids is 1. The number of aryl methyl sites for hydroxylation is 3. The molecule has 10 nitrogen and oxygen atoms in total. The van der Waals surface area contributed by atoms with Crippen molar-refractivity contribution >= 4 is 21.9 Å². The molecule has 0 spiro atoms. The molecule has 2 heterocycles. The number of sulfonamides is 1. The zero-order valence-corrected chi connectivity index (χ0v) is 23.5. The number of aromatic nitrogens is 4. The lowest BCUT2D eigenvalue weighted by Crippen LogP contribution is -2.31. The van der Waals surface area contributed by atoms with E-state index >= 15 is 0 Å². The molecule has 1 amide bonds. The quantitative estimate of drug-likeness (QED) is 0.310. The van der Waals surface area contributed by atoms with Gasteiger partial charge in [-0.2, -0.15) is 10.1 Å². The molecular formula is C28H32N6O4S. The minimum Gasteiger partial charge on any atom is -0.439 e. The molecule has 11 heteroatoms. The SMILES string of the molecule is CCN(CC)C(=O)Cc1ccc(Oc2cc(-c3c(C)cccc3C)nc(NS(=O)(=O)c3cnn(C)c3)n2)cc1. The van der Waals surface area contributed by atoms with Crippen molar-refractivity contribution in [3.8, 4) is 22.9 Å². The van der Waals surface area contributed by atoms with Crippen LogP contribution >= 0.6 is 0 Å². The Kier molecular flexibility index (Phi) is 8.29. The van der Waals surface area contributed by atoms with Gasteiger partial charge >= 0.3 is 0 Å². The fourth-order valence-corrected chi connectivity index (χ4v) is 5.17. The summed E-state index contributed by atoms with van der Waals surface area (Å²) < 4.78 is 35.8. The van der Waals surface area contributed by atoms with Gasteiger partial charge in [-0.15, -0.1) is 0 Å². The van der Waals surface area contributed by atoms with Crippen LogP contribution in [0.15, 0.2) is 65.8 Å². The molecule has 0 saturated carbocycles. The first kappa shape index (κ1) is 27.8. The number of nitrogens with zero attached hydrogens (tertiary/aromatic N) is 5. The molecule has 39 heavy (non-hydrogen) atoms. The van der Waals surface area contributed by atoms with Crippen molar-refractivity contribution in [3.63, 3.8) is 0 Å². The zero-order chi connectivity index (χ0) is 28.2. The maximum Gasteiger partial charge on any atom is 0.267 e. The number of likely N-dealkylation sites (N-methyl/N-ethyl adjacent to an activating group) is 1. The zero-order valence-electron chi connectivity index (χ0n) is 22.7. The van der Waals surface area contributed by atoms with Crippen LogP contribution in [0.1, 0.15) is 30.5 Å². The predicted molar refractivity (Wildman–Crippen MR) is 149 cm³/mol. The predicted octanol–water partition coefficient (Wildman–Crippen LogP) is 4.50. The van der Waals surface area contributed by atoms with E-state index in [2.05, 4.69) is 19.8 Å². The Morgan fingerprint density at radius 1 is 1.03 bits per heavy atom. The van der Waals surface area contributed by atoms with Crippen LogP contribution in [0.4, 0.5) is 5.95 Å². The number of carbonyl (C=O) groups is 1. The van der Waals surface area contributed by atoms with Crippen molar-refractivity contribution < 1.29 is 17.9 Å². The molecule has 1 N–H and O–H groups in total. The normalized spacial score (nSPS) is 11.3. The summed E-state index contributed by atoms with van der Waals surface area (Å²) in [5, 5.41) is 3.94. The number of amides is 1. The molecule has 0 aliphatic heterocycles. The molecule has 0 fully saturated rings. The molecule has 0 unspecified atom stereocenters. The number of nitrogens with one attached hydrogen (secondary N) is 1. The number of hydrogen-bond acceptors (Lipinski definition) is 7. The van der Waals surface area contributed by atoms with Crippen molar-refractivity contribution in [3.05, 3.63) is 77.6 Å². The lowest BCUT2D eigenvalue weighted by Gasteiger charge is -2.18. The molecule has 0 atom stereocenters. The first-order valence-corrected chi connectivity index (χ1v) is 14.1. The minimum absolute atomic E-state index is 0.0107. The van der Waals surface area contributed by atoms with Gasteiger partial charge in [-0.1, -0.05) is 30.3 Å². The van der Waals surface area contributed by atoms with Crippen LogP contribution in [0.2, 0.25) is 0 Å². The standard InChI is InChI=1S/C28H32N6O4S/c1-6-34(7-2)26(35)15-21-11-13-22(14-12-21)38-25-16-24(27-19(3)9-8-10-20(27)4)30-28(31-25)32-39(36,37)23-17-29-33(5)18-23/h8-14,16-18H,6-7,15H2,1-5H3,(H,30,31,32). The number of hydrogen-bond donors (Lipinski definition) is 1. The molecule has 2 aromatic heterocycles. The second kappa shape index (κ2) is 11.6. The first-order valence-electron chi connectivity index (χ1n) is 12.6. The molecule has 204 valence electrons. The van der Waals surface area contributed by atoms with Crippen LogP contribution < -0.4 is 9.46 Å². The summed E-state index contributed by atoms with van der Waals surface area (Å²) in [5.41, 5.74) is 4.19.